The molecule has 0 aliphatic carbocycles. The van der Waals surface area contributed by atoms with Gasteiger partial charge in [-0.05, 0) is 57.9 Å². The van der Waals surface area contributed by atoms with Gasteiger partial charge in [-0.15, -0.1) is 0 Å². The fourth-order valence-corrected chi connectivity index (χ4v) is 3.38. The zero-order valence-corrected chi connectivity index (χ0v) is 19.4. The molecule has 0 spiro atoms. The number of hydrazone groups is 1. The van der Waals surface area contributed by atoms with E-state index in [0.29, 0.717) is 20.8 Å². The van der Waals surface area contributed by atoms with Gasteiger partial charge in [-0.2, -0.15) is 5.10 Å². The Hall–Kier alpha value is -4.03. The topological polar surface area (TPSA) is 146 Å². The van der Waals surface area contributed by atoms with Gasteiger partial charge in [0.05, 0.1) is 26.6 Å². The highest BCUT2D eigenvalue weighted by atomic mass is 79.9. The SMILES string of the molecule is O=C(COc1ccc(Cl)cc1Br)N/N=C\c1cccc(Oc2ccc([N+](=O)[O-])cc2[N+](=O)[O-])c1. The van der Waals surface area contributed by atoms with Crippen molar-refractivity contribution < 1.29 is 24.1 Å². The molecule has 1 amide bonds. The number of hydrogen-bond donors (Lipinski definition) is 1. The van der Waals surface area contributed by atoms with Crippen LogP contribution in [0.4, 0.5) is 11.4 Å². The molecule has 3 rings (SSSR count). The van der Waals surface area contributed by atoms with E-state index in [9.17, 15) is 25.0 Å². The van der Waals surface area contributed by atoms with Gasteiger partial charge in [0.2, 0.25) is 5.75 Å². The maximum atomic E-state index is 11.9. The second-order valence-electron chi connectivity index (χ2n) is 6.50. The summed E-state index contributed by atoms with van der Waals surface area (Å²) in [4.78, 5) is 32.6. The fraction of sp³-hybridized carbons (Fsp3) is 0.0476. The van der Waals surface area contributed by atoms with Gasteiger partial charge >= 0.3 is 5.69 Å². The van der Waals surface area contributed by atoms with Crippen LogP contribution < -0.4 is 14.9 Å². The Bertz CT molecular complexity index is 1290. The third-order valence-electron chi connectivity index (χ3n) is 4.09. The van der Waals surface area contributed by atoms with E-state index >= 15 is 0 Å². The minimum Gasteiger partial charge on any atom is -0.483 e. The maximum Gasteiger partial charge on any atom is 0.318 e. The molecule has 34 heavy (non-hydrogen) atoms. The molecular formula is C21H14BrClN4O7. The van der Waals surface area contributed by atoms with Gasteiger partial charge in [-0.3, -0.25) is 25.0 Å². The number of carbonyl (C=O) groups excluding carboxylic acids is 1. The number of halogens is 2. The van der Waals surface area contributed by atoms with Gasteiger partial charge in [0, 0.05) is 11.1 Å². The molecule has 0 aliphatic heterocycles. The summed E-state index contributed by atoms with van der Waals surface area (Å²) >= 11 is 9.14. The average molecular weight is 550 g/mol. The molecule has 1 N–H and O–H groups in total. The summed E-state index contributed by atoms with van der Waals surface area (Å²) in [7, 11) is 0. The van der Waals surface area contributed by atoms with E-state index in [1.807, 2.05) is 0 Å². The van der Waals surface area contributed by atoms with E-state index in [1.165, 1.54) is 12.3 Å². The number of carbonyl (C=O) groups is 1. The van der Waals surface area contributed by atoms with Crippen molar-refractivity contribution >= 4 is 51.0 Å². The van der Waals surface area contributed by atoms with E-state index in [-0.39, 0.29) is 18.1 Å². The molecule has 0 atom stereocenters. The normalized spacial score (nSPS) is 10.6. The van der Waals surface area contributed by atoms with Crippen LogP contribution in [0.5, 0.6) is 17.2 Å². The van der Waals surface area contributed by atoms with Crippen molar-refractivity contribution in [3.8, 4) is 17.2 Å². The Labute approximate surface area is 205 Å². The second kappa shape index (κ2) is 11.2. The molecule has 0 radical (unpaired) electrons. The monoisotopic (exact) mass is 548 g/mol. The van der Waals surface area contributed by atoms with Crippen molar-refractivity contribution in [3.05, 3.63) is 96.0 Å². The van der Waals surface area contributed by atoms with Crippen LogP contribution in [0.2, 0.25) is 5.02 Å². The van der Waals surface area contributed by atoms with Crippen LogP contribution in [0.3, 0.4) is 0 Å². The predicted octanol–water partition coefficient (Wildman–Crippen LogP) is 5.24. The number of benzene rings is 3. The van der Waals surface area contributed by atoms with Crippen molar-refractivity contribution in [2.24, 2.45) is 5.10 Å². The molecule has 0 aromatic heterocycles. The molecule has 174 valence electrons. The Morgan fingerprint density at radius 3 is 2.53 bits per heavy atom. The van der Waals surface area contributed by atoms with Crippen LogP contribution in [0.1, 0.15) is 5.56 Å². The standard InChI is InChI=1S/C21H14BrClN4O7/c22-17-9-14(23)4-6-19(17)33-12-21(28)25-24-11-13-2-1-3-16(8-13)34-20-7-5-15(26(29)30)10-18(20)27(31)32/h1-11H,12H2,(H,25,28)/b24-11-. The van der Waals surface area contributed by atoms with Crippen LogP contribution >= 0.6 is 27.5 Å². The zero-order chi connectivity index (χ0) is 24.7. The lowest BCUT2D eigenvalue weighted by Gasteiger charge is -2.07. The summed E-state index contributed by atoms with van der Waals surface area (Å²) in [5, 5.41) is 26.5. The second-order valence-corrected chi connectivity index (χ2v) is 7.79. The number of nitro benzene ring substituents is 2. The molecule has 3 aromatic rings. The largest absolute Gasteiger partial charge is 0.483 e. The molecule has 0 saturated carbocycles. The van der Waals surface area contributed by atoms with E-state index in [0.717, 1.165) is 18.2 Å². The lowest BCUT2D eigenvalue weighted by molar-refractivity contribution is -0.394. The highest BCUT2D eigenvalue weighted by molar-refractivity contribution is 9.10. The molecule has 0 unspecified atom stereocenters. The van der Waals surface area contributed by atoms with E-state index < -0.39 is 27.1 Å². The Kier molecular flexibility index (Phi) is 8.11. The Morgan fingerprint density at radius 1 is 1.06 bits per heavy atom. The van der Waals surface area contributed by atoms with Crippen LogP contribution in [0.25, 0.3) is 0 Å². The molecule has 3 aromatic carbocycles. The van der Waals surface area contributed by atoms with Gasteiger partial charge < -0.3 is 9.47 Å². The molecule has 13 heteroatoms. The summed E-state index contributed by atoms with van der Waals surface area (Å²) in [5.74, 6) is -0.00706. The zero-order valence-electron chi connectivity index (χ0n) is 17.0. The van der Waals surface area contributed by atoms with Crippen LogP contribution in [0.15, 0.2) is 70.2 Å². The lowest BCUT2D eigenvalue weighted by Crippen LogP contribution is -2.24. The van der Waals surface area contributed by atoms with Crippen molar-refractivity contribution in [2.45, 2.75) is 0 Å². The fourth-order valence-electron chi connectivity index (χ4n) is 2.58. The number of nitro groups is 2. The molecule has 0 bridgehead atoms. The first-order valence-electron chi connectivity index (χ1n) is 9.33. The number of ether oxygens (including phenoxy) is 2. The Morgan fingerprint density at radius 2 is 1.82 bits per heavy atom. The first-order valence-corrected chi connectivity index (χ1v) is 10.5. The number of nitrogens with zero attached hydrogens (tertiary/aromatic N) is 3. The third-order valence-corrected chi connectivity index (χ3v) is 4.95. The van der Waals surface area contributed by atoms with Crippen molar-refractivity contribution in [1.82, 2.24) is 5.43 Å². The highest BCUT2D eigenvalue weighted by Gasteiger charge is 2.21. The summed E-state index contributed by atoms with van der Waals surface area (Å²) in [5.41, 5.74) is 1.85. The van der Waals surface area contributed by atoms with Gasteiger partial charge in [0.25, 0.3) is 11.6 Å². The quantitative estimate of drug-likeness (QED) is 0.218. The summed E-state index contributed by atoms with van der Waals surface area (Å²) < 4.78 is 11.5. The number of amides is 1. The third kappa shape index (κ3) is 6.73. The minimum absolute atomic E-state index is 0.163. The van der Waals surface area contributed by atoms with Crippen molar-refractivity contribution in [3.63, 3.8) is 0 Å². The summed E-state index contributed by atoms with van der Waals surface area (Å²) in [6, 6.07) is 14.3. The smallest absolute Gasteiger partial charge is 0.318 e. The summed E-state index contributed by atoms with van der Waals surface area (Å²) in [6.07, 6.45) is 1.34. The molecule has 0 heterocycles. The number of rotatable bonds is 9. The van der Waals surface area contributed by atoms with E-state index in [2.05, 4.69) is 26.5 Å². The van der Waals surface area contributed by atoms with Gasteiger partial charge in [-0.25, -0.2) is 5.43 Å². The average Bonchev–Trinajstić information content (AvgIpc) is 2.78. The van der Waals surface area contributed by atoms with Gasteiger partial charge in [-0.1, -0.05) is 23.7 Å². The van der Waals surface area contributed by atoms with E-state index in [1.54, 1.807) is 36.4 Å². The first kappa shape index (κ1) is 24.6. The highest BCUT2D eigenvalue weighted by Crippen LogP contribution is 2.34. The van der Waals surface area contributed by atoms with Gasteiger partial charge in [0.1, 0.15) is 11.5 Å². The number of hydrogen-bond acceptors (Lipinski definition) is 8. The van der Waals surface area contributed by atoms with Crippen LogP contribution in [0, 0.1) is 20.2 Å². The maximum absolute atomic E-state index is 11.9. The van der Waals surface area contributed by atoms with Crippen molar-refractivity contribution in [1.29, 1.82) is 0 Å². The van der Waals surface area contributed by atoms with Crippen molar-refractivity contribution in [2.75, 3.05) is 6.61 Å². The number of non-ortho nitro benzene ring substituents is 1. The number of nitrogens with one attached hydrogen (secondary N) is 1. The van der Waals surface area contributed by atoms with Gasteiger partial charge in [0.15, 0.2) is 6.61 Å². The van der Waals surface area contributed by atoms with Crippen LogP contribution in [-0.4, -0.2) is 28.6 Å². The molecule has 11 nitrogen and oxygen atoms in total. The minimum atomic E-state index is -0.770. The lowest BCUT2D eigenvalue weighted by atomic mass is 10.2. The van der Waals surface area contributed by atoms with E-state index in [4.69, 9.17) is 21.1 Å². The first-order chi connectivity index (χ1) is 16.2. The molecule has 0 saturated heterocycles. The van der Waals surface area contributed by atoms with Crippen LogP contribution in [-0.2, 0) is 4.79 Å². The molecular weight excluding hydrogens is 536 g/mol. The summed E-state index contributed by atoms with van der Waals surface area (Å²) in [6.45, 7) is -0.287. The Balaban J connectivity index is 1.61. The molecule has 0 aliphatic rings. The predicted molar refractivity (Wildman–Crippen MR) is 127 cm³/mol. The molecule has 0 fully saturated rings.